The lowest BCUT2D eigenvalue weighted by Crippen LogP contribution is -2.11. The molecule has 0 spiro atoms. The predicted octanol–water partition coefficient (Wildman–Crippen LogP) is 3.73. The Kier molecular flexibility index (Phi) is 3.23. The topological polar surface area (TPSA) is 26.0 Å². The molecule has 2 rings (SSSR count). The number of hydrogen-bond donors (Lipinski definition) is 1. The first kappa shape index (κ1) is 11.5. The molecule has 1 nitrogen and oxygen atoms in total. The zero-order valence-corrected chi connectivity index (χ0v) is 9.66. The Morgan fingerprint density at radius 3 is 2.56 bits per heavy atom. The summed E-state index contributed by atoms with van der Waals surface area (Å²) in [7, 11) is 0. The summed E-state index contributed by atoms with van der Waals surface area (Å²) in [5.41, 5.74) is 6.31. The monoisotopic (exact) mass is 259 g/mol. The van der Waals surface area contributed by atoms with Crippen LogP contribution in [-0.4, -0.2) is 0 Å². The summed E-state index contributed by atoms with van der Waals surface area (Å²) >= 11 is 7.28. The van der Waals surface area contributed by atoms with Crippen LogP contribution in [0.4, 0.5) is 8.78 Å². The molecule has 0 aliphatic carbocycles. The van der Waals surface area contributed by atoms with E-state index in [4.69, 9.17) is 17.3 Å². The minimum absolute atomic E-state index is 0.139. The van der Waals surface area contributed by atoms with Gasteiger partial charge in [0.05, 0.1) is 6.04 Å². The van der Waals surface area contributed by atoms with Crippen LogP contribution in [0, 0.1) is 11.6 Å². The molecule has 2 N–H and O–H groups in total. The van der Waals surface area contributed by atoms with Gasteiger partial charge in [0.1, 0.15) is 0 Å². The van der Waals surface area contributed by atoms with E-state index in [2.05, 4.69) is 0 Å². The molecule has 2 aromatic rings. The fourth-order valence-corrected chi connectivity index (χ4v) is 2.41. The van der Waals surface area contributed by atoms with Crippen molar-refractivity contribution in [2.24, 2.45) is 5.73 Å². The Morgan fingerprint density at radius 2 is 1.94 bits per heavy atom. The molecule has 1 aromatic heterocycles. The first-order valence-corrected chi connectivity index (χ1v) is 5.79. The Balaban J connectivity index is 2.44. The van der Waals surface area contributed by atoms with Gasteiger partial charge in [0.25, 0.3) is 0 Å². The van der Waals surface area contributed by atoms with Crippen molar-refractivity contribution >= 4 is 22.9 Å². The van der Waals surface area contributed by atoms with Gasteiger partial charge in [0.15, 0.2) is 11.6 Å². The van der Waals surface area contributed by atoms with Crippen molar-refractivity contribution in [3.05, 3.63) is 56.7 Å². The standard InChI is InChI=1S/C11H8ClF2NS/c12-7-5-9(14)8(13)4-6(7)11(15)10-2-1-3-16-10/h1-5,11H,15H2. The quantitative estimate of drug-likeness (QED) is 0.817. The van der Waals surface area contributed by atoms with Crippen molar-refractivity contribution in [3.8, 4) is 0 Å². The predicted molar refractivity (Wildman–Crippen MR) is 61.7 cm³/mol. The van der Waals surface area contributed by atoms with Crippen molar-refractivity contribution < 1.29 is 8.78 Å². The highest BCUT2D eigenvalue weighted by atomic mass is 35.5. The van der Waals surface area contributed by atoms with Crippen LogP contribution in [0.25, 0.3) is 0 Å². The molecule has 1 heterocycles. The number of thiophene rings is 1. The molecular weight excluding hydrogens is 252 g/mol. The molecule has 0 aliphatic rings. The van der Waals surface area contributed by atoms with Crippen LogP contribution in [0.3, 0.4) is 0 Å². The van der Waals surface area contributed by atoms with Crippen molar-refractivity contribution in [3.63, 3.8) is 0 Å². The van der Waals surface area contributed by atoms with E-state index in [1.54, 1.807) is 0 Å². The van der Waals surface area contributed by atoms with Gasteiger partial charge in [-0.25, -0.2) is 8.78 Å². The smallest absolute Gasteiger partial charge is 0.160 e. The van der Waals surface area contributed by atoms with Gasteiger partial charge < -0.3 is 5.73 Å². The number of halogens is 3. The van der Waals surface area contributed by atoms with Crippen LogP contribution < -0.4 is 5.73 Å². The van der Waals surface area contributed by atoms with Crippen molar-refractivity contribution in [1.82, 2.24) is 0 Å². The SMILES string of the molecule is NC(c1cccs1)c1cc(F)c(F)cc1Cl. The highest BCUT2D eigenvalue weighted by Gasteiger charge is 2.16. The second-order valence-corrected chi connectivity index (χ2v) is 4.67. The van der Waals surface area contributed by atoms with Gasteiger partial charge >= 0.3 is 0 Å². The Labute approximate surface area is 100 Å². The number of nitrogens with two attached hydrogens (primary N) is 1. The summed E-state index contributed by atoms with van der Waals surface area (Å²) in [4.78, 5) is 0.855. The molecular formula is C11H8ClF2NS. The first-order chi connectivity index (χ1) is 7.59. The second kappa shape index (κ2) is 4.49. The van der Waals surface area contributed by atoms with Gasteiger partial charge in [-0.3, -0.25) is 0 Å². The normalized spacial score (nSPS) is 12.8. The first-order valence-electron chi connectivity index (χ1n) is 4.53. The van der Waals surface area contributed by atoms with Gasteiger partial charge in [-0.15, -0.1) is 11.3 Å². The van der Waals surface area contributed by atoms with Crippen LogP contribution in [-0.2, 0) is 0 Å². The maximum Gasteiger partial charge on any atom is 0.160 e. The molecule has 84 valence electrons. The summed E-state index contributed by atoms with van der Waals surface area (Å²) in [6.07, 6.45) is 0. The molecule has 0 aliphatic heterocycles. The summed E-state index contributed by atoms with van der Waals surface area (Å²) in [6.45, 7) is 0. The fourth-order valence-electron chi connectivity index (χ4n) is 1.40. The van der Waals surface area contributed by atoms with E-state index in [-0.39, 0.29) is 5.02 Å². The third kappa shape index (κ3) is 2.09. The van der Waals surface area contributed by atoms with Gasteiger partial charge in [-0.1, -0.05) is 17.7 Å². The van der Waals surface area contributed by atoms with Crippen LogP contribution in [0.2, 0.25) is 5.02 Å². The zero-order chi connectivity index (χ0) is 11.7. The summed E-state index contributed by atoms with van der Waals surface area (Å²) < 4.78 is 25.9. The minimum Gasteiger partial charge on any atom is -0.320 e. The van der Waals surface area contributed by atoms with E-state index in [9.17, 15) is 8.78 Å². The molecule has 0 fully saturated rings. The molecule has 16 heavy (non-hydrogen) atoms. The lowest BCUT2D eigenvalue weighted by molar-refractivity contribution is 0.506. The maximum atomic E-state index is 13.1. The molecule has 0 saturated heterocycles. The van der Waals surface area contributed by atoms with Crippen LogP contribution in [0.15, 0.2) is 29.6 Å². The zero-order valence-electron chi connectivity index (χ0n) is 8.08. The van der Waals surface area contributed by atoms with E-state index in [1.165, 1.54) is 11.3 Å². The van der Waals surface area contributed by atoms with Crippen LogP contribution in [0.1, 0.15) is 16.5 Å². The van der Waals surface area contributed by atoms with E-state index in [0.717, 1.165) is 17.0 Å². The van der Waals surface area contributed by atoms with Gasteiger partial charge in [-0.05, 0) is 29.1 Å². The fraction of sp³-hybridized carbons (Fsp3) is 0.0909. The van der Waals surface area contributed by atoms with Crippen LogP contribution in [0.5, 0.6) is 0 Å². The van der Waals surface area contributed by atoms with Crippen molar-refractivity contribution in [2.45, 2.75) is 6.04 Å². The molecule has 1 atom stereocenters. The number of hydrogen-bond acceptors (Lipinski definition) is 2. The molecule has 0 amide bonds. The number of rotatable bonds is 2. The van der Waals surface area contributed by atoms with Crippen molar-refractivity contribution in [1.29, 1.82) is 0 Å². The Bertz CT molecular complexity index is 499. The molecule has 1 unspecified atom stereocenters. The summed E-state index contributed by atoms with van der Waals surface area (Å²) in [5.74, 6) is -1.90. The second-order valence-electron chi connectivity index (χ2n) is 3.28. The van der Waals surface area contributed by atoms with Gasteiger partial charge in [0, 0.05) is 9.90 Å². The third-order valence-corrected chi connectivity index (χ3v) is 3.51. The summed E-state index contributed by atoms with van der Waals surface area (Å²) in [5, 5.41) is 2.00. The maximum absolute atomic E-state index is 13.1. The Hall–Kier alpha value is -0.970. The third-order valence-electron chi connectivity index (χ3n) is 2.22. The average molecular weight is 260 g/mol. The molecule has 0 radical (unpaired) electrons. The molecule has 0 bridgehead atoms. The van der Waals surface area contributed by atoms with E-state index >= 15 is 0 Å². The van der Waals surface area contributed by atoms with E-state index < -0.39 is 17.7 Å². The van der Waals surface area contributed by atoms with E-state index in [1.807, 2.05) is 17.5 Å². The number of benzene rings is 1. The molecule has 5 heteroatoms. The Morgan fingerprint density at radius 1 is 1.25 bits per heavy atom. The average Bonchev–Trinajstić information content (AvgIpc) is 2.75. The van der Waals surface area contributed by atoms with E-state index in [0.29, 0.717) is 5.56 Å². The highest BCUT2D eigenvalue weighted by molar-refractivity contribution is 7.10. The van der Waals surface area contributed by atoms with Gasteiger partial charge in [0.2, 0.25) is 0 Å². The lowest BCUT2D eigenvalue weighted by atomic mass is 10.1. The van der Waals surface area contributed by atoms with Crippen LogP contribution >= 0.6 is 22.9 Å². The van der Waals surface area contributed by atoms with Crippen molar-refractivity contribution in [2.75, 3.05) is 0 Å². The minimum atomic E-state index is -0.966. The summed E-state index contributed by atoms with van der Waals surface area (Å²) in [6, 6.07) is 5.13. The molecule has 0 saturated carbocycles. The molecule has 1 aromatic carbocycles. The highest BCUT2D eigenvalue weighted by Crippen LogP contribution is 2.30. The largest absolute Gasteiger partial charge is 0.320 e. The van der Waals surface area contributed by atoms with Gasteiger partial charge in [-0.2, -0.15) is 0 Å². The lowest BCUT2D eigenvalue weighted by Gasteiger charge is -2.12.